The molecule has 1 saturated heterocycles. The van der Waals surface area contributed by atoms with Gasteiger partial charge in [0.05, 0.1) is 6.54 Å². The van der Waals surface area contributed by atoms with Crippen molar-refractivity contribution in [1.29, 1.82) is 0 Å². The maximum absolute atomic E-state index is 12.1. The van der Waals surface area contributed by atoms with E-state index in [2.05, 4.69) is 10.6 Å². The van der Waals surface area contributed by atoms with E-state index in [9.17, 15) is 9.59 Å². The quantitative estimate of drug-likeness (QED) is 0.806. The highest BCUT2D eigenvalue weighted by atomic mass is 16.2. The van der Waals surface area contributed by atoms with Gasteiger partial charge in [0.2, 0.25) is 5.91 Å². The predicted octanol–water partition coefficient (Wildman–Crippen LogP) is 1.70. The van der Waals surface area contributed by atoms with E-state index in [1.165, 1.54) is 0 Å². The molecule has 5 heteroatoms. The van der Waals surface area contributed by atoms with Crippen LogP contribution in [0.5, 0.6) is 0 Å². The zero-order valence-corrected chi connectivity index (χ0v) is 10.7. The molecule has 0 bridgehead atoms. The van der Waals surface area contributed by atoms with Gasteiger partial charge in [0.1, 0.15) is 6.04 Å². The number of amides is 3. The Balaban J connectivity index is 1.85. The summed E-state index contributed by atoms with van der Waals surface area (Å²) < 4.78 is 0. The van der Waals surface area contributed by atoms with Gasteiger partial charge in [-0.05, 0) is 30.9 Å². The number of urea groups is 1. The smallest absolute Gasteiger partial charge is 0.322 e. The number of benzene rings is 1. The molecular weight excluding hydrogens is 242 g/mol. The van der Waals surface area contributed by atoms with E-state index >= 15 is 0 Å². The number of fused-ring (bicyclic) bond motifs is 1. The first-order valence-electron chi connectivity index (χ1n) is 6.69. The summed E-state index contributed by atoms with van der Waals surface area (Å²) >= 11 is 0. The normalized spacial score (nSPS) is 23.2. The molecule has 0 aromatic heterocycles. The summed E-state index contributed by atoms with van der Waals surface area (Å²) in [6.07, 6.45) is 2.69. The second-order valence-electron chi connectivity index (χ2n) is 5.02. The molecule has 1 aromatic carbocycles. The Morgan fingerprint density at radius 1 is 1.16 bits per heavy atom. The Hall–Kier alpha value is -2.04. The van der Waals surface area contributed by atoms with Gasteiger partial charge in [-0.25, -0.2) is 4.79 Å². The number of carbonyl (C=O) groups is 2. The van der Waals surface area contributed by atoms with Crippen LogP contribution in [-0.4, -0.2) is 29.4 Å². The number of rotatable bonds is 1. The molecule has 0 aliphatic carbocycles. The molecule has 3 amide bonds. The largest absolute Gasteiger partial charge is 0.354 e. The average molecular weight is 259 g/mol. The topological polar surface area (TPSA) is 61.4 Å². The Morgan fingerprint density at radius 3 is 2.89 bits per heavy atom. The van der Waals surface area contributed by atoms with E-state index in [0.717, 1.165) is 30.5 Å². The van der Waals surface area contributed by atoms with Crippen molar-refractivity contribution >= 4 is 17.6 Å². The van der Waals surface area contributed by atoms with Crippen LogP contribution in [0.15, 0.2) is 24.3 Å². The molecular formula is C14H17N3O2. The highest BCUT2D eigenvalue weighted by Crippen LogP contribution is 2.26. The van der Waals surface area contributed by atoms with Crippen molar-refractivity contribution in [2.45, 2.75) is 31.8 Å². The van der Waals surface area contributed by atoms with Crippen LogP contribution in [0.1, 0.15) is 24.8 Å². The lowest BCUT2D eigenvalue weighted by Gasteiger charge is -2.34. The van der Waals surface area contributed by atoms with Crippen LogP contribution in [0.25, 0.3) is 0 Å². The Labute approximate surface area is 112 Å². The molecule has 1 unspecified atom stereocenters. The minimum Gasteiger partial charge on any atom is -0.354 e. The first-order valence-corrected chi connectivity index (χ1v) is 6.69. The summed E-state index contributed by atoms with van der Waals surface area (Å²) in [5.41, 5.74) is 1.90. The number of nitrogens with one attached hydrogen (secondary N) is 2. The summed E-state index contributed by atoms with van der Waals surface area (Å²) in [7, 11) is 0. The van der Waals surface area contributed by atoms with Gasteiger partial charge in [-0.15, -0.1) is 0 Å². The predicted molar refractivity (Wildman–Crippen MR) is 71.7 cm³/mol. The molecule has 1 aromatic rings. The monoisotopic (exact) mass is 259 g/mol. The van der Waals surface area contributed by atoms with Gasteiger partial charge in [0.25, 0.3) is 0 Å². The summed E-state index contributed by atoms with van der Waals surface area (Å²) in [6.45, 7) is 1.21. The van der Waals surface area contributed by atoms with Crippen LogP contribution in [0.3, 0.4) is 0 Å². The van der Waals surface area contributed by atoms with Crippen LogP contribution < -0.4 is 10.6 Å². The van der Waals surface area contributed by atoms with Crippen LogP contribution in [-0.2, 0) is 11.3 Å². The summed E-state index contributed by atoms with van der Waals surface area (Å²) in [5, 5.41) is 5.73. The fourth-order valence-electron chi connectivity index (χ4n) is 2.69. The molecule has 100 valence electrons. The van der Waals surface area contributed by atoms with E-state index in [0.29, 0.717) is 13.1 Å². The molecule has 19 heavy (non-hydrogen) atoms. The van der Waals surface area contributed by atoms with Crippen molar-refractivity contribution in [3.8, 4) is 0 Å². The molecule has 0 spiro atoms. The highest BCUT2D eigenvalue weighted by Gasteiger charge is 2.33. The minimum absolute atomic E-state index is 0.0352. The third-order valence-electron chi connectivity index (χ3n) is 3.74. The van der Waals surface area contributed by atoms with Gasteiger partial charge in [0, 0.05) is 12.2 Å². The maximum atomic E-state index is 12.1. The third kappa shape index (κ3) is 2.28. The number of carbonyl (C=O) groups excluding carboxylic acids is 2. The molecule has 3 rings (SSSR count). The zero-order valence-electron chi connectivity index (χ0n) is 10.7. The number of hydrogen-bond acceptors (Lipinski definition) is 2. The van der Waals surface area contributed by atoms with Gasteiger partial charge in [-0.1, -0.05) is 18.2 Å². The summed E-state index contributed by atoms with van der Waals surface area (Å²) in [5.74, 6) is -0.0352. The van der Waals surface area contributed by atoms with E-state index in [-0.39, 0.29) is 18.0 Å². The van der Waals surface area contributed by atoms with Crippen molar-refractivity contribution < 1.29 is 9.59 Å². The highest BCUT2D eigenvalue weighted by molar-refractivity contribution is 5.96. The van der Waals surface area contributed by atoms with E-state index in [4.69, 9.17) is 0 Å². The van der Waals surface area contributed by atoms with Gasteiger partial charge in [-0.2, -0.15) is 0 Å². The molecule has 2 aliphatic heterocycles. The molecule has 0 radical (unpaired) electrons. The first-order chi connectivity index (χ1) is 9.25. The van der Waals surface area contributed by atoms with Gasteiger partial charge < -0.3 is 15.5 Å². The lowest BCUT2D eigenvalue weighted by molar-refractivity contribution is -0.125. The van der Waals surface area contributed by atoms with Crippen molar-refractivity contribution in [2.24, 2.45) is 0 Å². The molecule has 0 saturated carbocycles. The number of anilines is 1. The molecule has 1 fully saturated rings. The molecule has 5 nitrogen and oxygen atoms in total. The van der Waals surface area contributed by atoms with Crippen LogP contribution >= 0.6 is 0 Å². The molecule has 2 N–H and O–H groups in total. The van der Waals surface area contributed by atoms with Crippen molar-refractivity contribution in [3.63, 3.8) is 0 Å². The minimum atomic E-state index is -0.351. The van der Waals surface area contributed by atoms with Crippen molar-refractivity contribution in [2.75, 3.05) is 11.9 Å². The van der Waals surface area contributed by atoms with Gasteiger partial charge in [-0.3, -0.25) is 4.79 Å². The molecule has 1 atom stereocenters. The number of para-hydroxylation sites is 1. The maximum Gasteiger partial charge on any atom is 0.322 e. The molecule has 2 aliphatic rings. The zero-order chi connectivity index (χ0) is 13.2. The summed E-state index contributed by atoms with van der Waals surface area (Å²) in [6, 6.07) is 7.18. The summed E-state index contributed by atoms with van der Waals surface area (Å²) in [4.78, 5) is 25.8. The average Bonchev–Trinajstić information content (AvgIpc) is 2.63. The van der Waals surface area contributed by atoms with Gasteiger partial charge in [0.15, 0.2) is 0 Å². The van der Waals surface area contributed by atoms with Crippen LogP contribution in [0.2, 0.25) is 0 Å². The fourth-order valence-corrected chi connectivity index (χ4v) is 2.69. The third-order valence-corrected chi connectivity index (χ3v) is 3.74. The number of nitrogens with zero attached hydrogens (tertiary/aromatic N) is 1. The first kappa shape index (κ1) is 12.0. The molecule has 2 heterocycles. The van der Waals surface area contributed by atoms with Crippen molar-refractivity contribution in [1.82, 2.24) is 10.2 Å². The fraction of sp³-hybridized carbons (Fsp3) is 0.429. The standard InChI is InChI=1S/C14H17N3O2/c18-13-12(7-3-4-8-15-13)17-9-10-5-1-2-6-11(10)16-14(17)19/h1-2,5-6,12H,3-4,7-9H2,(H,15,18)(H,16,19). The number of hydrogen-bond donors (Lipinski definition) is 2. The lowest BCUT2D eigenvalue weighted by Crippen LogP contribution is -2.51. The second kappa shape index (κ2) is 4.91. The lowest BCUT2D eigenvalue weighted by atomic mass is 10.1. The Bertz CT molecular complexity index is 515. The Morgan fingerprint density at radius 2 is 2.00 bits per heavy atom. The van der Waals surface area contributed by atoms with E-state index < -0.39 is 0 Å². The van der Waals surface area contributed by atoms with Crippen molar-refractivity contribution in [3.05, 3.63) is 29.8 Å². The Kier molecular flexibility index (Phi) is 3.11. The van der Waals surface area contributed by atoms with Crippen LogP contribution in [0, 0.1) is 0 Å². The SMILES string of the molecule is O=C1NCCCCC1N1Cc2ccccc2NC1=O. The van der Waals surface area contributed by atoms with Crippen LogP contribution in [0.4, 0.5) is 10.5 Å². The van der Waals surface area contributed by atoms with E-state index in [1.807, 2.05) is 24.3 Å². The van der Waals surface area contributed by atoms with Gasteiger partial charge >= 0.3 is 6.03 Å². The second-order valence-corrected chi connectivity index (χ2v) is 5.02. The van der Waals surface area contributed by atoms with E-state index in [1.54, 1.807) is 4.90 Å².